The molecule has 0 spiro atoms. The molecular weight excluding hydrogens is 361 g/mol. The van der Waals surface area contributed by atoms with Crippen molar-refractivity contribution in [3.8, 4) is 5.88 Å². The molecule has 2 heterocycles. The average Bonchev–Trinajstić information content (AvgIpc) is 3.29. The first-order valence-electron chi connectivity index (χ1n) is 8.59. The molecule has 2 aromatic heterocycles. The SMILES string of the molecule is CC(C)COc1cc(Nc2ncc(C(F)(F)F)c(NC3(C)CC3)n2)ncn1. The molecule has 0 bridgehead atoms. The number of rotatable bonds is 7. The van der Waals surface area contributed by atoms with Crippen molar-refractivity contribution >= 4 is 17.6 Å². The van der Waals surface area contributed by atoms with E-state index in [1.54, 1.807) is 6.07 Å². The Morgan fingerprint density at radius 2 is 1.96 bits per heavy atom. The van der Waals surface area contributed by atoms with Gasteiger partial charge in [-0.15, -0.1) is 0 Å². The van der Waals surface area contributed by atoms with Crippen molar-refractivity contribution in [3.05, 3.63) is 24.2 Å². The molecular formula is C17H21F3N6O. The summed E-state index contributed by atoms with van der Waals surface area (Å²) in [6.07, 6.45) is -0.898. The zero-order valence-corrected chi connectivity index (χ0v) is 15.3. The lowest BCUT2D eigenvalue weighted by Gasteiger charge is -2.18. The molecule has 1 aliphatic carbocycles. The molecule has 7 nitrogen and oxygen atoms in total. The zero-order valence-electron chi connectivity index (χ0n) is 15.3. The van der Waals surface area contributed by atoms with Crippen molar-refractivity contribution in [2.45, 2.75) is 45.3 Å². The third-order valence-electron chi connectivity index (χ3n) is 3.96. The summed E-state index contributed by atoms with van der Waals surface area (Å²) in [4.78, 5) is 15.8. The summed E-state index contributed by atoms with van der Waals surface area (Å²) in [6.45, 7) is 6.35. The Bertz CT molecular complexity index is 807. The summed E-state index contributed by atoms with van der Waals surface area (Å²) < 4.78 is 45.2. The van der Waals surface area contributed by atoms with Gasteiger partial charge in [0.25, 0.3) is 0 Å². The van der Waals surface area contributed by atoms with Crippen LogP contribution in [0, 0.1) is 5.92 Å². The lowest BCUT2D eigenvalue weighted by molar-refractivity contribution is -0.137. The second kappa shape index (κ2) is 7.16. The van der Waals surface area contributed by atoms with E-state index >= 15 is 0 Å². The Balaban J connectivity index is 1.81. The Hall–Kier alpha value is -2.65. The van der Waals surface area contributed by atoms with Crippen molar-refractivity contribution in [2.24, 2.45) is 5.92 Å². The van der Waals surface area contributed by atoms with Crippen LogP contribution in [0.3, 0.4) is 0 Å². The third-order valence-corrected chi connectivity index (χ3v) is 3.96. The first-order chi connectivity index (χ1) is 12.6. The van der Waals surface area contributed by atoms with Gasteiger partial charge in [-0.1, -0.05) is 13.8 Å². The summed E-state index contributed by atoms with van der Waals surface area (Å²) in [7, 11) is 0. The largest absolute Gasteiger partial charge is 0.477 e. The van der Waals surface area contributed by atoms with Gasteiger partial charge in [-0.25, -0.2) is 15.0 Å². The fraction of sp³-hybridized carbons (Fsp3) is 0.529. The highest BCUT2D eigenvalue weighted by Crippen LogP contribution is 2.41. The highest BCUT2D eigenvalue weighted by Gasteiger charge is 2.41. The number of ether oxygens (including phenoxy) is 1. The lowest BCUT2D eigenvalue weighted by Crippen LogP contribution is -2.21. The standard InChI is InChI=1S/C17H21F3N6O/c1-10(2)8-27-13-6-12(22-9-23-13)24-15-21-7-11(17(18,19)20)14(25-15)26-16(3)4-5-16/h6-7,9-10H,4-5,8H2,1-3H3,(H2,21,22,23,24,25,26). The van der Waals surface area contributed by atoms with Crippen LogP contribution in [-0.4, -0.2) is 32.1 Å². The van der Waals surface area contributed by atoms with E-state index in [4.69, 9.17) is 4.74 Å². The minimum Gasteiger partial charge on any atom is -0.477 e. The third kappa shape index (κ3) is 5.18. The quantitative estimate of drug-likeness (QED) is 0.748. The molecule has 0 aromatic carbocycles. The number of nitrogens with one attached hydrogen (secondary N) is 2. The van der Waals surface area contributed by atoms with Gasteiger partial charge in [0, 0.05) is 17.8 Å². The van der Waals surface area contributed by atoms with Gasteiger partial charge in [-0.3, -0.25) is 0 Å². The normalized spacial score (nSPS) is 15.5. The van der Waals surface area contributed by atoms with Crippen LogP contribution in [0.15, 0.2) is 18.6 Å². The second-order valence-corrected chi connectivity index (χ2v) is 7.21. The summed E-state index contributed by atoms with van der Waals surface area (Å²) in [6, 6.07) is 1.54. The minimum atomic E-state index is -4.54. The highest BCUT2D eigenvalue weighted by molar-refractivity contribution is 5.55. The molecule has 2 aromatic rings. The summed E-state index contributed by atoms with van der Waals surface area (Å²) >= 11 is 0. The van der Waals surface area contributed by atoms with Crippen molar-refractivity contribution in [2.75, 3.05) is 17.2 Å². The van der Waals surface area contributed by atoms with Crippen LogP contribution in [0.25, 0.3) is 0 Å². The van der Waals surface area contributed by atoms with Gasteiger partial charge in [0.05, 0.1) is 6.61 Å². The fourth-order valence-corrected chi connectivity index (χ4v) is 2.20. The molecule has 27 heavy (non-hydrogen) atoms. The molecule has 10 heteroatoms. The van der Waals surface area contributed by atoms with Crippen LogP contribution in [0.2, 0.25) is 0 Å². The van der Waals surface area contributed by atoms with Gasteiger partial charge < -0.3 is 15.4 Å². The zero-order chi connectivity index (χ0) is 19.7. The van der Waals surface area contributed by atoms with Crippen LogP contribution in [-0.2, 0) is 6.18 Å². The average molecular weight is 382 g/mol. The molecule has 0 unspecified atom stereocenters. The molecule has 0 saturated heterocycles. The predicted octanol–water partition coefficient (Wildman–Crippen LogP) is 4.03. The monoisotopic (exact) mass is 382 g/mol. The first kappa shape index (κ1) is 19.1. The maximum atomic E-state index is 13.2. The van der Waals surface area contributed by atoms with Crippen molar-refractivity contribution in [3.63, 3.8) is 0 Å². The van der Waals surface area contributed by atoms with Crippen molar-refractivity contribution in [1.29, 1.82) is 0 Å². The number of aromatic nitrogens is 4. The van der Waals surface area contributed by atoms with Crippen LogP contribution in [0.5, 0.6) is 5.88 Å². The van der Waals surface area contributed by atoms with Gasteiger partial charge in [0.2, 0.25) is 11.8 Å². The number of halogens is 3. The lowest BCUT2D eigenvalue weighted by atomic mass is 10.2. The van der Waals surface area contributed by atoms with E-state index in [-0.39, 0.29) is 17.3 Å². The number of nitrogens with zero attached hydrogens (tertiary/aromatic N) is 4. The van der Waals surface area contributed by atoms with E-state index in [9.17, 15) is 13.2 Å². The van der Waals surface area contributed by atoms with E-state index in [0.29, 0.717) is 24.2 Å². The Morgan fingerprint density at radius 1 is 1.22 bits per heavy atom. The van der Waals surface area contributed by atoms with E-state index < -0.39 is 11.7 Å². The summed E-state index contributed by atoms with van der Waals surface area (Å²) in [5, 5.41) is 5.67. The van der Waals surface area contributed by atoms with Gasteiger partial charge in [-0.2, -0.15) is 18.2 Å². The van der Waals surface area contributed by atoms with E-state index in [0.717, 1.165) is 19.0 Å². The maximum Gasteiger partial charge on any atom is 0.421 e. The van der Waals surface area contributed by atoms with Crippen molar-refractivity contribution in [1.82, 2.24) is 19.9 Å². The molecule has 3 rings (SSSR count). The number of hydrogen-bond acceptors (Lipinski definition) is 7. The van der Waals surface area contributed by atoms with E-state index in [2.05, 4.69) is 30.6 Å². The summed E-state index contributed by atoms with van der Waals surface area (Å²) in [5.41, 5.74) is -1.26. The molecule has 1 saturated carbocycles. The topological polar surface area (TPSA) is 84.9 Å². The number of anilines is 3. The van der Waals surface area contributed by atoms with Gasteiger partial charge in [0.1, 0.15) is 23.5 Å². The molecule has 0 aliphatic heterocycles. The highest BCUT2D eigenvalue weighted by atomic mass is 19.4. The molecule has 146 valence electrons. The summed E-state index contributed by atoms with van der Waals surface area (Å²) in [5.74, 6) is 0.768. The van der Waals surface area contributed by atoms with E-state index in [1.807, 2.05) is 20.8 Å². The Labute approximate surface area is 154 Å². The molecule has 1 aliphatic rings. The predicted molar refractivity (Wildman–Crippen MR) is 93.9 cm³/mol. The fourth-order valence-electron chi connectivity index (χ4n) is 2.20. The minimum absolute atomic E-state index is 0.00302. The first-order valence-corrected chi connectivity index (χ1v) is 8.59. The Kier molecular flexibility index (Phi) is 5.07. The molecule has 1 fully saturated rings. The van der Waals surface area contributed by atoms with Crippen LogP contribution in [0.1, 0.15) is 39.2 Å². The number of alkyl halides is 3. The van der Waals surface area contributed by atoms with Crippen LogP contribution in [0.4, 0.5) is 30.8 Å². The van der Waals surface area contributed by atoms with Crippen LogP contribution < -0.4 is 15.4 Å². The van der Waals surface area contributed by atoms with Crippen molar-refractivity contribution < 1.29 is 17.9 Å². The van der Waals surface area contributed by atoms with Gasteiger partial charge in [0.15, 0.2) is 0 Å². The smallest absolute Gasteiger partial charge is 0.421 e. The molecule has 2 N–H and O–H groups in total. The second-order valence-electron chi connectivity index (χ2n) is 7.21. The molecule has 0 amide bonds. The molecule has 0 atom stereocenters. The number of hydrogen-bond donors (Lipinski definition) is 2. The van der Waals surface area contributed by atoms with Gasteiger partial charge in [-0.05, 0) is 25.7 Å². The van der Waals surface area contributed by atoms with Gasteiger partial charge >= 0.3 is 6.18 Å². The Morgan fingerprint density at radius 3 is 2.59 bits per heavy atom. The maximum absolute atomic E-state index is 13.2. The van der Waals surface area contributed by atoms with E-state index in [1.165, 1.54) is 6.33 Å². The van der Waals surface area contributed by atoms with Crippen LogP contribution >= 0.6 is 0 Å². The molecule has 0 radical (unpaired) electrons.